The van der Waals surface area contributed by atoms with E-state index in [1.807, 2.05) is 48.5 Å². The number of aromatic hydroxyl groups is 1. The molecule has 37 heavy (non-hydrogen) atoms. The van der Waals surface area contributed by atoms with E-state index in [2.05, 4.69) is 10.6 Å². The number of carboxylic acids is 1. The van der Waals surface area contributed by atoms with Crippen LogP contribution in [0.2, 0.25) is 0 Å². The molecule has 0 saturated carbocycles. The summed E-state index contributed by atoms with van der Waals surface area (Å²) in [7, 11) is 0. The molecule has 8 heteroatoms. The smallest absolute Gasteiger partial charge is 0.407 e. The van der Waals surface area contributed by atoms with Crippen molar-refractivity contribution >= 4 is 18.0 Å². The molecule has 0 radical (unpaired) electrons. The number of rotatable bonds is 9. The van der Waals surface area contributed by atoms with Gasteiger partial charge >= 0.3 is 12.1 Å². The van der Waals surface area contributed by atoms with E-state index in [9.17, 15) is 24.6 Å². The number of carboxylic acid groups (broad SMARTS) is 1. The lowest BCUT2D eigenvalue weighted by Gasteiger charge is -2.24. The van der Waals surface area contributed by atoms with Crippen molar-refractivity contribution in [3.05, 3.63) is 89.5 Å². The van der Waals surface area contributed by atoms with E-state index in [1.165, 1.54) is 12.1 Å². The number of phenolic OH excluding ortho intramolecular Hbond substituents is 1. The van der Waals surface area contributed by atoms with Crippen LogP contribution in [0, 0.1) is 5.92 Å². The summed E-state index contributed by atoms with van der Waals surface area (Å²) in [6, 6.07) is 19.9. The summed E-state index contributed by atoms with van der Waals surface area (Å²) in [5.41, 5.74) is 5.01. The molecule has 192 valence electrons. The third-order valence-corrected chi connectivity index (χ3v) is 6.56. The molecule has 0 spiro atoms. The van der Waals surface area contributed by atoms with Gasteiger partial charge in [0.2, 0.25) is 5.91 Å². The second-order valence-electron chi connectivity index (χ2n) is 9.46. The molecule has 0 aliphatic heterocycles. The van der Waals surface area contributed by atoms with Gasteiger partial charge in [-0.2, -0.15) is 0 Å². The van der Waals surface area contributed by atoms with Gasteiger partial charge in [-0.25, -0.2) is 9.59 Å². The highest BCUT2D eigenvalue weighted by atomic mass is 16.5. The van der Waals surface area contributed by atoms with Crippen LogP contribution in [0.5, 0.6) is 5.75 Å². The lowest BCUT2D eigenvalue weighted by molar-refractivity contribution is -0.142. The van der Waals surface area contributed by atoms with Crippen LogP contribution >= 0.6 is 0 Å². The summed E-state index contributed by atoms with van der Waals surface area (Å²) in [6.07, 6.45) is -0.724. The first-order valence-electron chi connectivity index (χ1n) is 12.2. The topological polar surface area (TPSA) is 125 Å². The van der Waals surface area contributed by atoms with Crippen LogP contribution in [0.3, 0.4) is 0 Å². The van der Waals surface area contributed by atoms with Crippen molar-refractivity contribution in [2.24, 2.45) is 5.92 Å². The van der Waals surface area contributed by atoms with Gasteiger partial charge < -0.3 is 25.6 Å². The van der Waals surface area contributed by atoms with Crippen molar-refractivity contribution in [3.63, 3.8) is 0 Å². The molecule has 0 saturated heterocycles. The molecule has 4 N–H and O–H groups in total. The maximum atomic E-state index is 13.0. The number of hydrogen-bond donors (Lipinski definition) is 4. The molecular weight excluding hydrogens is 472 g/mol. The van der Waals surface area contributed by atoms with Gasteiger partial charge in [-0.15, -0.1) is 0 Å². The minimum absolute atomic E-state index is 0.0249. The number of fused-ring (bicyclic) bond motifs is 3. The lowest BCUT2D eigenvalue weighted by Crippen LogP contribution is -2.54. The summed E-state index contributed by atoms with van der Waals surface area (Å²) in [6.45, 7) is 3.61. The quantitative estimate of drug-likeness (QED) is 0.350. The Morgan fingerprint density at radius 3 is 1.97 bits per heavy atom. The summed E-state index contributed by atoms with van der Waals surface area (Å²) in [5.74, 6) is -2.19. The summed E-state index contributed by atoms with van der Waals surface area (Å²) in [5, 5.41) is 24.2. The number of aliphatic carboxylic acids is 1. The van der Waals surface area contributed by atoms with Crippen molar-refractivity contribution in [2.45, 2.75) is 38.3 Å². The maximum absolute atomic E-state index is 13.0. The minimum Gasteiger partial charge on any atom is -0.508 e. The Bertz CT molecular complexity index is 1240. The van der Waals surface area contributed by atoms with Crippen molar-refractivity contribution < 1.29 is 29.3 Å². The van der Waals surface area contributed by atoms with Gasteiger partial charge in [0.05, 0.1) is 0 Å². The van der Waals surface area contributed by atoms with E-state index in [4.69, 9.17) is 4.74 Å². The predicted octanol–water partition coefficient (Wildman–Crippen LogP) is 4.07. The molecule has 0 fully saturated rings. The second-order valence-corrected chi connectivity index (χ2v) is 9.46. The molecule has 0 bridgehead atoms. The average Bonchev–Trinajstić information content (AvgIpc) is 3.20. The summed E-state index contributed by atoms with van der Waals surface area (Å²) >= 11 is 0. The van der Waals surface area contributed by atoms with Crippen LogP contribution in [0.4, 0.5) is 4.79 Å². The molecule has 0 aromatic heterocycles. The Morgan fingerprint density at radius 2 is 1.43 bits per heavy atom. The van der Waals surface area contributed by atoms with E-state index in [-0.39, 0.29) is 30.6 Å². The fraction of sp³-hybridized carbons (Fsp3) is 0.276. The predicted molar refractivity (Wildman–Crippen MR) is 138 cm³/mol. The van der Waals surface area contributed by atoms with E-state index >= 15 is 0 Å². The first-order chi connectivity index (χ1) is 17.7. The maximum Gasteiger partial charge on any atom is 0.407 e. The molecule has 3 aromatic rings. The minimum atomic E-state index is -1.21. The molecule has 3 aromatic carbocycles. The fourth-order valence-electron chi connectivity index (χ4n) is 4.63. The van der Waals surface area contributed by atoms with Gasteiger partial charge in [0.15, 0.2) is 0 Å². The summed E-state index contributed by atoms with van der Waals surface area (Å²) < 4.78 is 5.56. The number of amides is 2. The average molecular weight is 503 g/mol. The second kappa shape index (κ2) is 11.2. The Balaban J connectivity index is 1.39. The van der Waals surface area contributed by atoms with Crippen molar-refractivity contribution in [1.29, 1.82) is 0 Å². The fourth-order valence-corrected chi connectivity index (χ4v) is 4.63. The Kier molecular flexibility index (Phi) is 7.77. The standard InChI is InChI=1S/C29H30N2O6/c1-17(2)26(27(33)30-25(28(34)35)15-18-11-13-19(32)14-12-18)31-29(36)37-16-24-22-9-5-3-7-20(22)21-8-4-6-10-23(21)24/h3-14,17,24-26,32H,15-16H2,1-2H3,(H,30,33)(H,31,36)(H,34,35)/t25-,26-/m0/s1. The number of carbonyl (C=O) groups is 3. The molecule has 0 unspecified atom stereocenters. The van der Waals surface area contributed by atoms with E-state index in [0.29, 0.717) is 5.56 Å². The van der Waals surface area contributed by atoms with E-state index in [0.717, 1.165) is 22.3 Å². The largest absolute Gasteiger partial charge is 0.508 e. The normalized spacial score (nSPS) is 13.8. The Labute approximate surface area is 215 Å². The number of carbonyl (C=O) groups excluding carboxylic acids is 2. The third kappa shape index (κ3) is 5.91. The molecule has 2 atom stereocenters. The molecule has 8 nitrogen and oxygen atoms in total. The van der Waals surface area contributed by atoms with Crippen LogP contribution in [0.15, 0.2) is 72.8 Å². The number of benzene rings is 3. The van der Waals surface area contributed by atoms with Gasteiger partial charge in [0.25, 0.3) is 0 Å². The summed E-state index contributed by atoms with van der Waals surface area (Å²) in [4.78, 5) is 37.5. The molecule has 0 heterocycles. The first-order valence-corrected chi connectivity index (χ1v) is 12.2. The van der Waals surface area contributed by atoms with Crippen LogP contribution < -0.4 is 10.6 Å². The van der Waals surface area contributed by atoms with E-state index in [1.54, 1.807) is 26.0 Å². The number of alkyl carbamates (subject to hydrolysis) is 1. The lowest BCUT2D eigenvalue weighted by atomic mass is 9.98. The zero-order valence-electron chi connectivity index (χ0n) is 20.7. The Hall–Kier alpha value is -4.33. The molecule has 1 aliphatic carbocycles. The highest BCUT2D eigenvalue weighted by Crippen LogP contribution is 2.44. The van der Waals surface area contributed by atoms with Gasteiger partial charge in [-0.3, -0.25) is 4.79 Å². The zero-order chi connectivity index (χ0) is 26.5. The Morgan fingerprint density at radius 1 is 0.865 bits per heavy atom. The van der Waals surface area contributed by atoms with Crippen molar-refractivity contribution in [2.75, 3.05) is 6.61 Å². The van der Waals surface area contributed by atoms with E-state index < -0.39 is 30.1 Å². The third-order valence-electron chi connectivity index (χ3n) is 6.56. The van der Waals surface area contributed by atoms with Crippen LogP contribution in [0.1, 0.15) is 36.5 Å². The number of ether oxygens (including phenoxy) is 1. The molecular formula is C29H30N2O6. The van der Waals surface area contributed by atoms with Gasteiger partial charge in [0.1, 0.15) is 24.4 Å². The first kappa shape index (κ1) is 25.8. The van der Waals surface area contributed by atoms with Crippen LogP contribution in [-0.4, -0.2) is 46.9 Å². The number of hydrogen-bond acceptors (Lipinski definition) is 5. The number of phenols is 1. The van der Waals surface area contributed by atoms with Crippen LogP contribution in [0.25, 0.3) is 11.1 Å². The van der Waals surface area contributed by atoms with Gasteiger partial charge in [-0.1, -0.05) is 74.5 Å². The molecule has 4 rings (SSSR count). The molecule has 2 amide bonds. The van der Waals surface area contributed by atoms with Crippen molar-refractivity contribution in [1.82, 2.24) is 10.6 Å². The highest BCUT2D eigenvalue weighted by Gasteiger charge is 2.31. The van der Waals surface area contributed by atoms with Crippen LogP contribution in [-0.2, 0) is 20.7 Å². The van der Waals surface area contributed by atoms with Gasteiger partial charge in [0, 0.05) is 12.3 Å². The SMILES string of the molecule is CC(C)[C@H](NC(=O)OCC1c2ccccc2-c2ccccc21)C(=O)N[C@@H](Cc1ccc(O)cc1)C(=O)O. The zero-order valence-corrected chi connectivity index (χ0v) is 20.7. The number of nitrogens with one attached hydrogen (secondary N) is 2. The molecule has 1 aliphatic rings. The van der Waals surface area contributed by atoms with Crippen molar-refractivity contribution in [3.8, 4) is 16.9 Å². The monoisotopic (exact) mass is 502 g/mol. The highest BCUT2D eigenvalue weighted by molar-refractivity contribution is 5.89. The van der Waals surface area contributed by atoms with Gasteiger partial charge in [-0.05, 0) is 45.9 Å².